The summed E-state index contributed by atoms with van der Waals surface area (Å²) in [5.41, 5.74) is 7.55. The van der Waals surface area contributed by atoms with Gasteiger partial charge in [0.15, 0.2) is 0 Å². The maximum atomic E-state index is 5.71. The molecule has 1 aromatic heterocycles. The molecule has 1 aliphatic heterocycles. The lowest BCUT2D eigenvalue weighted by atomic mass is 10.2. The van der Waals surface area contributed by atoms with E-state index in [1.807, 2.05) is 26.8 Å². The van der Waals surface area contributed by atoms with Crippen molar-refractivity contribution in [3.8, 4) is 0 Å². The molecule has 0 unspecified atom stereocenters. The molecule has 0 amide bonds. The third kappa shape index (κ3) is 3.10. The number of nitrogen functional groups attached to an aromatic ring is 1. The third-order valence-electron chi connectivity index (χ3n) is 2.47. The van der Waals surface area contributed by atoms with E-state index in [2.05, 4.69) is 9.88 Å². The van der Waals surface area contributed by atoms with Gasteiger partial charge in [-0.25, -0.2) is 4.98 Å². The van der Waals surface area contributed by atoms with Crippen molar-refractivity contribution in [2.45, 2.75) is 20.8 Å². The summed E-state index contributed by atoms with van der Waals surface area (Å²) in [7, 11) is 0. The van der Waals surface area contributed by atoms with Crippen LogP contribution in [0.2, 0.25) is 0 Å². The Morgan fingerprint density at radius 3 is 2.50 bits per heavy atom. The molecule has 1 fully saturated rings. The summed E-state index contributed by atoms with van der Waals surface area (Å²) in [5, 5.41) is 0. The normalized spacial score (nSPS) is 15.3. The van der Waals surface area contributed by atoms with Gasteiger partial charge in [0.1, 0.15) is 5.82 Å². The van der Waals surface area contributed by atoms with Crippen molar-refractivity contribution in [1.82, 2.24) is 4.98 Å². The maximum absolute atomic E-state index is 5.71. The van der Waals surface area contributed by atoms with Crippen LogP contribution in [0.15, 0.2) is 12.3 Å². The molecule has 0 radical (unpaired) electrons. The van der Waals surface area contributed by atoms with Crippen molar-refractivity contribution in [3.63, 3.8) is 0 Å². The highest BCUT2D eigenvalue weighted by atomic mass is 16.5. The van der Waals surface area contributed by atoms with Crippen molar-refractivity contribution in [2.24, 2.45) is 0 Å². The van der Waals surface area contributed by atoms with Gasteiger partial charge in [0, 0.05) is 13.1 Å². The fourth-order valence-corrected chi connectivity index (χ4v) is 1.52. The molecule has 16 heavy (non-hydrogen) atoms. The molecule has 2 N–H and O–H groups in total. The highest BCUT2D eigenvalue weighted by Crippen LogP contribution is 2.17. The quantitative estimate of drug-likeness (QED) is 0.789. The smallest absolute Gasteiger partial charge is 0.129 e. The van der Waals surface area contributed by atoms with Crippen LogP contribution in [-0.2, 0) is 4.74 Å². The number of ether oxygens (including phenoxy) is 1. The molecular formula is C12H21N3O. The van der Waals surface area contributed by atoms with Crippen molar-refractivity contribution >= 4 is 11.5 Å². The Morgan fingerprint density at radius 1 is 1.31 bits per heavy atom. The summed E-state index contributed by atoms with van der Waals surface area (Å²) in [5.74, 6) is 1.00. The molecule has 0 aromatic carbocycles. The summed E-state index contributed by atoms with van der Waals surface area (Å²) in [6, 6.07) is 2.03. The number of hydrogen-bond donors (Lipinski definition) is 1. The minimum Gasteiger partial charge on any atom is -0.397 e. The van der Waals surface area contributed by atoms with E-state index in [4.69, 9.17) is 10.5 Å². The lowest BCUT2D eigenvalue weighted by Gasteiger charge is -2.28. The SMILES string of the molecule is CC.Cc1cc(N2CCOCC2)ncc1N. The van der Waals surface area contributed by atoms with Gasteiger partial charge < -0.3 is 15.4 Å². The first-order chi connectivity index (χ1) is 7.77. The van der Waals surface area contributed by atoms with E-state index in [0.717, 1.165) is 43.4 Å². The van der Waals surface area contributed by atoms with Crippen LogP contribution in [0.3, 0.4) is 0 Å². The largest absolute Gasteiger partial charge is 0.397 e. The highest BCUT2D eigenvalue weighted by molar-refractivity contribution is 5.52. The Hall–Kier alpha value is -1.29. The Morgan fingerprint density at radius 2 is 1.94 bits per heavy atom. The predicted molar refractivity (Wildman–Crippen MR) is 67.8 cm³/mol. The lowest BCUT2D eigenvalue weighted by molar-refractivity contribution is 0.122. The maximum Gasteiger partial charge on any atom is 0.129 e. The van der Waals surface area contributed by atoms with Crippen LogP contribution in [-0.4, -0.2) is 31.3 Å². The Kier molecular flexibility index (Phi) is 5.05. The Balaban J connectivity index is 0.000000606. The number of rotatable bonds is 1. The van der Waals surface area contributed by atoms with Gasteiger partial charge in [-0.05, 0) is 18.6 Å². The number of anilines is 2. The Labute approximate surface area is 97.4 Å². The van der Waals surface area contributed by atoms with E-state index in [0.29, 0.717) is 0 Å². The van der Waals surface area contributed by atoms with Crippen molar-refractivity contribution < 1.29 is 4.74 Å². The van der Waals surface area contributed by atoms with Gasteiger partial charge in [-0.2, -0.15) is 0 Å². The van der Waals surface area contributed by atoms with E-state index in [-0.39, 0.29) is 0 Å². The molecule has 0 bridgehead atoms. The van der Waals surface area contributed by atoms with Gasteiger partial charge in [0.05, 0.1) is 25.1 Å². The van der Waals surface area contributed by atoms with E-state index >= 15 is 0 Å². The van der Waals surface area contributed by atoms with Crippen LogP contribution >= 0.6 is 0 Å². The molecule has 0 saturated carbocycles. The first-order valence-corrected chi connectivity index (χ1v) is 5.82. The van der Waals surface area contributed by atoms with E-state index in [1.54, 1.807) is 6.20 Å². The zero-order valence-electron chi connectivity index (χ0n) is 10.4. The zero-order valence-corrected chi connectivity index (χ0v) is 10.4. The molecule has 1 aromatic rings. The summed E-state index contributed by atoms with van der Waals surface area (Å²) in [4.78, 5) is 6.53. The molecule has 2 rings (SSSR count). The average molecular weight is 223 g/mol. The van der Waals surface area contributed by atoms with Crippen LogP contribution in [0.1, 0.15) is 19.4 Å². The van der Waals surface area contributed by atoms with Crippen LogP contribution in [0.4, 0.5) is 11.5 Å². The summed E-state index contributed by atoms with van der Waals surface area (Å²) < 4.78 is 5.28. The average Bonchev–Trinajstić information content (AvgIpc) is 2.36. The predicted octanol–water partition coefficient (Wildman–Crippen LogP) is 1.84. The number of nitrogens with two attached hydrogens (primary N) is 1. The van der Waals surface area contributed by atoms with Gasteiger partial charge in [-0.15, -0.1) is 0 Å². The molecule has 2 heterocycles. The van der Waals surface area contributed by atoms with Crippen LogP contribution in [0, 0.1) is 6.92 Å². The summed E-state index contributed by atoms with van der Waals surface area (Å²) in [6.07, 6.45) is 1.72. The van der Waals surface area contributed by atoms with Gasteiger partial charge in [-0.1, -0.05) is 13.8 Å². The standard InChI is InChI=1S/C10H15N3O.C2H6/c1-8-6-10(12-7-9(8)11)13-2-4-14-5-3-13;1-2/h6-7H,2-5,11H2,1H3;1-2H3. The molecular weight excluding hydrogens is 202 g/mol. The van der Waals surface area contributed by atoms with Crippen LogP contribution < -0.4 is 10.6 Å². The van der Waals surface area contributed by atoms with E-state index < -0.39 is 0 Å². The lowest BCUT2D eigenvalue weighted by Crippen LogP contribution is -2.36. The second-order valence-electron chi connectivity index (χ2n) is 3.50. The number of morpholine rings is 1. The number of aryl methyl sites for hydroxylation is 1. The number of hydrogen-bond acceptors (Lipinski definition) is 4. The highest BCUT2D eigenvalue weighted by Gasteiger charge is 2.12. The molecule has 1 saturated heterocycles. The molecule has 4 heteroatoms. The first-order valence-electron chi connectivity index (χ1n) is 5.82. The fourth-order valence-electron chi connectivity index (χ4n) is 1.52. The molecule has 0 aliphatic carbocycles. The molecule has 4 nitrogen and oxygen atoms in total. The minimum absolute atomic E-state index is 0.752. The van der Waals surface area contributed by atoms with E-state index in [9.17, 15) is 0 Å². The Bertz CT molecular complexity index is 322. The van der Waals surface area contributed by atoms with Gasteiger partial charge in [0.25, 0.3) is 0 Å². The molecule has 0 atom stereocenters. The zero-order chi connectivity index (χ0) is 12.0. The van der Waals surface area contributed by atoms with Crippen LogP contribution in [0.5, 0.6) is 0 Å². The summed E-state index contributed by atoms with van der Waals surface area (Å²) >= 11 is 0. The number of aromatic nitrogens is 1. The third-order valence-corrected chi connectivity index (χ3v) is 2.47. The van der Waals surface area contributed by atoms with Gasteiger partial charge in [-0.3, -0.25) is 0 Å². The van der Waals surface area contributed by atoms with Crippen molar-refractivity contribution in [2.75, 3.05) is 36.9 Å². The van der Waals surface area contributed by atoms with Crippen molar-refractivity contribution in [3.05, 3.63) is 17.8 Å². The molecule has 1 aliphatic rings. The van der Waals surface area contributed by atoms with E-state index in [1.165, 1.54) is 0 Å². The minimum atomic E-state index is 0.752. The molecule has 90 valence electrons. The summed E-state index contributed by atoms with van der Waals surface area (Å²) in [6.45, 7) is 9.39. The number of pyridine rings is 1. The number of nitrogens with zero attached hydrogens (tertiary/aromatic N) is 2. The van der Waals surface area contributed by atoms with Gasteiger partial charge >= 0.3 is 0 Å². The second-order valence-corrected chi connectivity index (χ2v) is 3.50. The monoisotopic (exact) mass is 223 g/mol. The van der Waals surface area contributed by atoms with Crippen molar-refractivity contribution in [1.29, 1.82) is 0 Å². The fraction of sp³-hybridized carbons (Fsp3) is 0.583. The second kappa shape index (κ2) is 6.33. The molecule has 0 spiro atoms. The topological polar surface area (TPSA) is 51.4 Å². The first kappa shape index (κ1) is 12.8. The van der Waals surface area contributed by atoms with Gasteiger partial charge in [0.2, 0.25) is 0 Å². The van der Waals surface area contributed by atoms with Crippen LogP contribution in [0.25, 0.3) is 0 Å².